The zero-order valence-corrected chi connectivity index (χ0v) is 19.0. The Bertz CT molecular complexity index is 1250. The van der Waals surface area contributed by atoms with Crippen molar-refractivity contribution in [2.45, 2.75) is 57.8 Å². The van der Waals surface area contributed by atoms with E-state index in [1.807, 2.05) is 0 Å². The van der Waals surface area contributed by atoms with Gasteiger partial charge in [0.15, 0.2) is 0 Å². The molecule has 2 aromatic carbocycles. The van der Waals surface area contributed by atoms with E-state index in [0.717, 1.165) is 35.8 Å². The molecule has 4 aromatic rings. The zero-order valence-electron chi connectivity index (χ0n) is 19.0. The number of rotatable bonds is 3. The van der Waals surface area contributed by atoms with Crippen molar-refractivity contribution >= 4 is 27.5 Å². The SMILES string of the molecule is C[C@H]1CCCN(c2nc(-c3n[nH]c4ccc(C5CCCCC5)cc34)cc3ccccc23)C1. The summed E-state index contributed by atoms with van der Waals surface area (Å²) in [6.07, 6.45) is 9.25. The highest BCUT2D eigenvalue weighted by Crippen LogP contribution is 2.37. The Morgan fingerprint density at radius 2 is 1.78 bits per heavy atom. The molecule has 164 valence electrons. The molecule has 4 heteroatoms. The van der Waals surface area contributed by atoms with Gasteiger partial charge in [-0.25, -0.2) is 4.98 Å². The maximum Gasteiger partial charge on any atom is 0.137 e. The van der Waals surface area contributed by atoms with Gasteiger partial charge in [-0.2, -0.15) is 5.10 Å². The molecule has 0 unspecified atom stereocenters. The van der Waals surface area contributed by atoms with Crippen molar-refractivity contribution in [3.63, 3.8) is 0 Å². The molecule has 2 aliphatic rings. The number of piperidine rings is 1. The van der Waals surface area contributed by atoms with Crippen LogP contribution in [0.4, 0.5) is 5.82 Å². The third-order valence-electron chi connectivity index (χ3n) is 7.58. The van der Waals surface area contributed by atoms with Gasteiger partial charge in [-0.15, -0.1) is 0 Å². The molecule has 0 bridgehead atoms. The smallest absolute Gasteiger partial charge is 0.137 e. The summed E-state index contributed by atoms with van der Waals surface area (Å²) in [5, 5.41) is 11.7. The summed E-state index contributed by atoms with van der Waals surface area (Å²) >= 11 is 0. The van der Waals surface area contributed by atoms with Crippen molar-refractivity contribution in [2.24, 2.45) is 5.92 Å². The van der Waals surface area contributed by atoms with Crippen LogP contribution in [0.1, 0.15) is 63.4 Å². The second-order valence-corrected chi connectivity index (χ2v) is 9.96. The van der Waals surface area contributed by atoms with E-state index in [1.165, 1.54) is 66.7 Å². The van der Waals surface area contributed by atoms with Crippen molar-refractivity contribution in [3.8, 4) is 11.4 Å². The monoisotopic (exact) mass is 424 g/mol. The first kappa shape index (κ1) is 19.8. The van der Waals surface area contributed by atoms with Crippen molar-refractivity contribution in [2.75, 3.05) is 18.0 Å². The van der Waals surface area contributed by atoms with E-state index in [4.69, 9.17) is 10.1 Å². The second kappa shape index (κ2) is 8.23. The molecule has 4 nitrogen and oxygen atoms in total. The van der Waals surface area contributed by atoms with Crippen LogP contribution in [0.2, 0.25) is 0 Å². The normalized spacial score (nSPS) is 20.3. The minimum absolute atomic E-state index is 0.686. The Morgan fingerprint density at radius 3 is 2.66 bits per heavy atom. The third-order valence-corrected chi connectivity index (χ3v) is 7.58. The van der Waals surface area contributed by atoms with E-state index in [2.05, 4.69) is 65.5 Å². The maximum absolute atomic E-state index is 5.24. The zero-order chi connectivity index (χ0) is 21.5. The summed E-state index contributed by atoms with van der Waals surface area (Å²) in [6, 6.07) is 17.8. The molecule has 1 N–H and O–H groups in total. The van der Waals surface area contributed by atoms with E-state index in [-0.39, 0.29) is 0 Å². The van der Waals surface area contributed by atoms with Gasteiger partial charge >= 0.3 is 0 Å². The largest absolute Gasteiger partial charge is 0.356 e. The molecule has 3 heterocycles. The van der Waals surface area contributed by atoms with Gasteiger partial charge in [0.05, 0.1) is 11.2 Å². The van der Waals surface area contributed by atoms with Crippen molar-refractivity contribution in [1.82, 2.24) is 15.2 Å². The summed E-state index contributed by atoms with van der Waals surface area (Å²) in [6.45, 7) is 4.51. The minimum Gasteiger partial charge on any atom is -0.356 e. The number of hydrogen-bond acceptors (Lipinski definition) is 3. The first-order valence-corrected chi connectivity index (χ1v) is 12.4. The fraction of sp³-hybridized carbons (Fsp3) is 0.429. The highest BCUT2D eigenvalue weighted by atomic mass is 15.2. The van der Waals surface area contributed by atoms with Crippen LogP contribution in [0.3, 0.4) is 0 Å². The summed E-state index contributed by atoms with van der Waals surface area (Å²) in [5.74, 6) is 2.51. The number of aromatic amines is 1. The topological polar surface area (TPSA) is 44.8 Å². The van der Waals surface area contributed by atoms with Gasteiger partial charge in [0.25, 0.3) is 0 Å². The van der Waals surface area contributed by atoms with E-state index in [9.17, 15) is 0 Å². The molecule has 1 atom stereocenters. The summed E-state index contributed by atoms with van der Waals surface area (Å²) in [5.41, 5.74) is 4.52. The number of nitrogens with zero attached hydrogens (tertiary/aromatic N) is 3. The molecule has 1 aliphatic carbocycles. The highest BCUT2D eigenvalue weighted by molar-refractivity contribution is 5.98. The molecule has 1 saturated heterocycles. The standard InChI is InChI=1S/C28H32N4/c1-19-8-7-15-32(18-19)28-23-12-6-5-11-22(23)17-26(29-28)27-24-16-21(13-14-25(24)30-31-27)20-9-3-2-4-10-20/h5-6,11-14,16-17,19-20H,2-4,7-10,15,18H2,1H3,(H,30,31)/t19-/m0/s1. The van der Waals surface area contributed by atoms with Crippen molar-refractivity contribution in [3.05, 3.63) is 54.1 Å². The maximum atomic E-state index is 5.24. The summed E-state index contributed by atoms with van der Waals surface area (Å²) < 4.78 is 0. The molecule has 0 amide bonds. The Kier molecular flexibility index (Phi) is 5.09. The van der Waals surface area contributed by atoms with Crippen LogP contribution in [-0.4, -0.2) is 28.3 Å². The quantitative estimate of drug-likeness (QED) is 0.383. The van der Waals surface area contributed by atoms with Crippen LogP contribution in [0.5, 0.6) is 0 Å². The van der Waals surface area contributed by atoms with Crippen LogP contribution in [-0.2, 0) is 0 Å². The lowest BCUT2D eigenvalue weighted by atomic mass is 9.83. The van der Waals surface area contributed by atoms with Gasteiger partial charge in [-0.1, -0.05) is 56.5 Å². The fourth-order valence-corrected chi connectivity index (χ4v) is 5.84. The van der Waals surface area contributed by atoms with E-state index >= 15 is 0 Å². The first-order chi connectivity index (χ1) is 15.8. The van der Waals surface area contributed by atoms with E-state index < -0.39 is 0 Å². The average Bonchev–Trinajstić information content (AvgIpc) is 3.27. The molecule has 32 heavy (non-hydrogen) atoms. The van der Waals surface area contributed by atoms with E-state index in [0.29, 0.717) is 11.8 Å². The van der Waals surface area contributed by atoms with E-state index in [1.54, 1.807) is 0 Å². The summed E-state index contributed by atoms with van der Waals surface area (Å²) in [7, 11) is 0. The number of benzene rings is 2. The molecular formula is C28H32N4. The number of fused-ring (bicyclic) bond motifs is 2. The molecule has 2 fully saturated rings. The predicted molar refractivity (Wildman–Crippen MR) is 133 cm³/mol. The van der Waals surface area contributed by atoms with Gasteiger partial charge in [0.1, 0.15) is 11.5 Å². The number of hydrogen-bond donors (Lipinski definition) is 1. The van der Waals surface area contributed by atoms with Gasteiger partial charge < -0.3 is 4.90 Å². The van der Waals surface area contributed by atoms with Crippen LogP contribution in [0, 0.1) is 5.92 Å². The Balaban J connectivity index is 1.47. The Labute approximate surface area is 190 Å². The van der Waals surface area contributed by atoms with Crippen LogP contribution in [0.25, 0.3) is 33.1 Å². The second-order valence-electron chi connectivity index (χ2n) is 9.96. The number of pyridine rings is 1. The molecule has 0 spiro atoms. The first-order valence-electron chi connectivity index (χ1n) is 12.4. The minimum atomic E-state index is 0.686. The summed E-state index contributed by atoms with van der Waals surface area (Å²) in [4.78, 5) is 7.73. The number of nitrogens with one attached hydrogen (secondary N) is 1. The fourth-order valence-electron chi connectivity index (χ4n) is 5.84. The molecule has 6 rings (SSSR count). The number of H-pyrrole nitrogens is 1. The van der Waals surface area contributed by atoms with Crippen LogP contribution >= 0.6 is 0 Å². The lowest BCUT2D eigenvalue weighted by molar-refractivity contribution is 0.444. The predicted octanol–water partition coefficient (Wildman–Crippen LogP) is 7.06. The molecule has 0 radical (unpaired) electrons. The van der Waals surface area contributed by atoms with Crippen molar-refractivity contribution < 1.29 is 0 Å². The lowest BCUT2D eigenvalue weighted by Gasteiger charge is -2.32. The Morgan fingerprint density at radius 1 is 0.906 bits per heavy atom. The van der Waals surface area contributed by atoms with Gasteiger partial charge in [0, 0.05) is 23.9 Å². The van der Waals surface area contributed by atoms with Crippen LogP contribution < -0.4 is 4.90 Å². The number of anilines is 1. The number of aromatic nitrogens is 3. The van der Waals surface area contributed by atoms with Crippen LogP contribution in [0.15, 0.2) is 48.5 Å². The lowest BCUT2D eigenvalue weighted by Crippen LogP contribution is -2.35. The van der Waals surface area contributed by atoms with Gasteiger partial charge in [-0.05, 0) is 66.7 Å². The van der Waals surface area contributed by atoms with Crippen molar-refractivity contribution in [1.29, 1.82) is 0 Å². The average molecular weight is 425 g/mol. The van der Waals surface area contributed by atoms with Gasteiger partial charge in [-0.3, -0.25) is 5.10 Å². The van der Waals surface area contributed by atoms with Gasteiger partial charge in [0.2, 0.25) is 0 Å². The third kappa shape index (κ3) is 3.56. The molecule has 1 saturated carbocycles. The molecule has 1 aliphatic heterocycles. The highest BCUT2D eigenvalue weighted by Gasteiger charge is 2.22. The molecule has 2 aromatic heterocycles. The molecular weight excluding hydrogens is 392 g/mol. The Hall–Kier alpha value is -2.88.